The van der Waals surface area contributed by atoms with Gasteiger partial charge in [0.15, 0.2) is 0 Å². The number of amides is 3. The average molecular weight is 189 g/mol. The molecule has 3 amide bonds. The van der Waals surface area contributed by atoms with Gasteiger partial charge in [-0.05, 0) is 0 Å². The molecule has 0 aromatic heterocycles. The van der Waals surface area contributed by atoms with Crippen molar-refractivity contribution in [2.75, 3.05) is 20.1 Å². The number of nitrogens with one attached hydrogen (secondary N) is 1. The monoisotopic (exact) mass is 189 g/mol. The van der Waals surface area contributed by atoms with E-state index in [-0.39, 0.29) is 0 Å². The minimum Gasteiger partial charge on any atom is -0.480 e. The number of nitrogens with two attached hydrogens (primary N) is 1. The first-order valence-electron chi connectivity index (χ1n) is 3.44. The first-order chi connectivity index (χ1) is 5.97. The number of hydrogen-bond acceptors (Lipinski definition) is 3. The summed E-state index contributed by atoms with van der Waals surface area (Å²) in [5, 5.41) is 10.6. The number of urea groups is 1. The summed E-state index contributed by atoms with van der Waals surface area (Å²) >= 11 is 0. The van der Waals surface area contributed by atoms with Crippen LogP contribution in [-0.4, -0.2) is 48.1 Å². The van der Waals surface area contributed by atoms with E-state index in [0.717, 1.165) is 4.90 Å². The fourth-order valence-corrected chi connectivity index (χ4v) is 0.709. The SMILES string of the molecule is CNC(=O)N(CC(N)=O)CC(=O)O. The van der Waals surface area contributed by atoms with Crippen LogP contribution >= 0.6 is 0 Å². The maximum Gasteiger partial charge on any atom is 0.323 e. The van der Waals surface area contributed by atoms with Crippen LogP contribution in [0.15, 0.2) is 0 Å². The molecule has 0 atom stereocenters. The predicted molar refractivity (Wildman–Crippen MR) is 42.9 cm³/mol. The molecule has 0 bridgehead atoms. The molecular weight excluding hydrogens is 178 g/mol. The van der Waals surface area contributed by atoms with Crippen molar-refractivity contribution in [2.24, 2.45) is 5.73 Å². The zero-order valence-electron chi connectivity index (χ0n) is 7.11. The van der Waals surface area contributed by atoms with E-state index in [4.69, 9.17) is 10.8 Å². The summed E-state index contributed by atoms with van der Waals surface area (Å²) in [6.07, 6.45) is 0. The topological polar surface area (TPSA) is 113 Å². The van der Waals surface area contributed by atoms with E-state index in [2.05, 4.69) is 5.32 Å². The molecule has 74 valence electrons. The van der Waals surface area contributed by atoms with Gasteiger partial charge in [0.1, 0.15) is 13.1 Å². The van der Waals surface area contributed by atoms with E-state index in [1.807, 2.05) is 0 Å². The van der Waals surface area contributed by atoms with E-state index >= 15 is 0 Å². The smallest absolute Gasteiger partial charge is 0.323 e. The number of carbonyl (C=O) groups excluding carboxylic acids is 2. The van der Waals surface area contributed by atoms with Crippen molar-refractivity contribution in [1.82, 2.24) is 10.2 Å². The molecule has 7 nitrogen and oxygen atoms in total. The summed E-state index contributed by atoms with van der Waals surface area (Å²) in [4.78, 5) is 32.4. The summed E-state index contributed by atoms with van der Waals surface area (Å²) in [6.45, 7) is -0.964. The minimum absolute atomic E-state index is 0.411. The van der Waals surface area contributed by atoms with Crippen molar-refractivity contribution in [3.05, 3.63) is 0 Å². The largest absolute Gasteiger partial charge is 0.480 e. The van der Waals surface area contributed by atoms with Crippen molar-refractivity contribution < 1.29 is 19.5 Å². The summed E-state index contributed by atoms with van der Waals surface area (Å²) in [5.74, 6) is -1.96. The molecule has 0 radical (unpaired) electrons. The van der Waals surface area contributed by atoms with Crippen LogP contribution in [0.1, 0.15) is 0 Å². The Hall–Kier alpha value is -1.79. The van der Waals surface area contributed by atoms with E-state index in [9.17, 15) is 14.4 Å². The van der Waals surface area contributed by atoms with Crippen LogP contribution < -0.4 is 11.1 Å². The van der Waals surface area contributed by atoms with Gasteiger partial charge in [0, 0.05) is 7.05 Å². The highest BCUT2D eigenvalue weighted by molar-refractivity contribution is 5.85. The number of carboxylic acid groups (broad SMARTS) is 1. The number of primary amides is 1. The highest BCUT2D eigenvalue weighted by Gasteiger charge is 2.16. The van der Waals surface area contributed by atoms with E-state index in [0.29, 0.717) is 0 Å². The Balaban J connectivity index is 4.26. The molecule has 0 unspecified atom stereocenters. The lowest BCUT2D eigenvalue weighted by Crippen LogP contribution is -2.45. The molecule has 0 aliphatic carbocycles. The molecule has 0 heterocycles. The zero-order valence-corrected chi connectivity index (χ0v) is 7.11. The molecule has 0 aliphatic rings. The van der Waals surface area contributed by atoms with Crippen LogP contribution in [0.2, 0.25) is 0 Å². The predicted octanol–water partition coefficient (Wildman–Crippen LogP) is -1.80. The molecule has 0 saturated heterocycles. The minimum atomic E-state index is -1.20. The van der Waals surface area contributed by atoms with Gasteiger partial charge in [-0.2, -0.15) is 0 Å². The lowest BCUT2D eigenvalue weighted by atomic mass is 10.5. The van der Waals surface area contributed by atoms with Crippen molar-refractivity contribution in [2.45, 2.75) is 0 Å². The summed E-state index contributed by atoms with van der Waals surface area (Å²) in [6, 6.07) is -0.652. The number of rotatable bonds is 4. The van der Waals surface area contributed by atoms with Crippen molar-refractivity contribution in [1.29, 1.82) is 0 Å². The van der Waals surface area contributed by atoms with E-state index in [1.54, 1.807) is 0 Å². The Morgan fingerprint density at radius 3 is 2.23 bits per heavy atom. The van der Waals surface area contributed by atoms with Gasteiger partial charge >= 0.3 is 12.0 Å². The van der Waals surface area contributed by atoms with Crippen LogP contribution in [0, 0.1) is 0 Å². The normalized spacial score (nSPS) is 9.00. The Kier molecular flexibility index (Phi) is 4.28. The Morgan fingerprint density at radius 1 is 1.38 bits per heavy atom. The van der Waals surface area contributed by atoms with E-state index in [1.165, 1.54) is 7.05 Å². The summed E-state index contributed by atoms with van der Waals surface area (Å²) in [7, 11) is 1.33. The van der Waals surface area contributed by atoms with Crippen molar-refractivity contribution in [3.63, 3.8) is 0 Å². The first kappa shape index (κ1) is 11.2. The van der Waals surface area contributed by atoms with E-state index < -0.39 is 31.0 Å². The van der Waals surface area contributed by atoms with Crippen LogP contribution in [0.5, 0.6) is 0 Å². The molecule has 0 fully saturated rings. The maximum atomic E-state index is 10.9. The molecule has 0 aromatic carbocycles. The van der Waals surface area contributed by atoms with Gasteiger partial charge in [0.25, 0.3) is 0 Å². The van der Waals surface area contributed by atoms with Crippen LogP contribution in [0.25, 0.3) is 0 Å². The lowest BCUT2D eigenvalue weighted by molar-refractivity contribution is -0.137. The maximum absolute atomic E-state index is 10.9. The number of aliphatic carboxylic acids is 1. The van der Waals surface area contributed by atoms with Gasteiger partial charge in [-0.1, -0.05) is 0 Å². The second-order valence-corrected chi connectivity index (χ2v) is 2.27. The first-order valence-corrected chi connectivity index (χ1v) is 3.44. The third-order valence-corrected chi connectivity index (χ3v) is 1.17. The molecule has 0 spiro atoms. The van der Waals surface area contributed by atoms with Crippen LogP contribution in [0.4, 0.5) is 4.79 Å². The average Bonchev–Trinajstić information content (AvgIpc) is 2.00. The molecular formula is C6H11N3O4. The van der Waals surface area contributed by atoms with Gasteiger partial charge < -0.3 is 21.1 Å². The Morgan fingerprint density at radius 2 is 1.92 bits per heavy atom. The number of nitrogens with zero attached hydrogens (tertiary/aromatic N) is 1. The molecule has 0 saturated carbocycles. The second kappa shape index (κ2) is 4.96. The summed E-state index contributed by atoms with van der Waals surface area (Å²) < 4.78 is 0. The van der Waals surface area contributed by atoms with Gasteiger partial charge in [-0.25, -0.2) is 4.79 Å². The molecule has 0 rings (SSSR count). The van der Waals surface area contributed by atoms with Gasteiger partial charge in [-0.3, -0.25) is 9.59 Å². The van der Waals surface area contributed by atoms with Gasteiger partial charge in [0.2, 0.25) is 5.91 Å². The number of carbonyl (C=O) groups is 3. The molecule has 0 aliphatic heterocycles. The summed E-state index contributed by atoms with van der Waals surface area (Å²) in [5.41, 5.74) is 4.81. The quantitative estimate of drug-likeness (QED) is 0.484. The van der Waals surface area contributed by atoms with Crippen LogP contribution in [0.3, 0.4) is 0 Å². The van der Waals surface area contributed by atoms with Gasteiger partial charge in [-0.15, -0.1) is 0 Å². The van der Waals surface area contributed by atoms with Crippen molar-refractivity contribution >= 4 is 17.9 Å². The number of hydrogen-bond donors (Lipinski definition) is 3. The zero-order chi connectivity index (χ0) is 10.4. The number of carboxylic acids is 1. The highest BCUT2D eigenvalue weighted by Crippen LogP contribution is 1.88. The Labute approximate surface area is 74.5 Å². The third-order valence-electron chi connectivity index (χ3n) is 1.17. The molecule has 0 aromatic rings. The Bertz CT molecular complexity index is 212. The lowest BCUT2D eigenvalue weighted by Gasteiger charge is -2.17. The highest BCUT2D eigenvalue weighted by atomic mass is 16.4. The van der Waals surface area contributed by atoms with Crippen molar-refractivity contribution in [3.8, 4) is 0 Å². The standard InChI is InChI=1S/C6H11N3O4/c1-8-6(13)9(2-4(7)10)3-5(11)12/h2-3H2,1H3,(H2,7,10)(H,8,13)(H,11,12). The fourth-order valence-electron chi connectivity index (χ4n) is 0.709. The second-order valence-electron chi connectivity index (χ2n) is 2.27. The van der Waals surface area contributed by atoms with Crippen LogP contribution in [-0.2, 0) is 9.59 Å². The van der Waals surface area contributed by atoms with Gasteiger partial charge in [0.05, 0.1) is 0 Å². The molecule has 13 heavy (non-hydrogen) atoms. The third kappa shape index (κ3) is 4.62. The molecule has 7 heteroatoms. The molecule has 4 N–H and O–H groups in total. The fraction of sp³-hybridized carbons (Fsp3) is 0.500.